The van der Waals surface area contributed by atoms with Gasteiger partial charge in [0.2, 0.25) is 5.91 Å². The fourth-order valence-electron chi connectivity index (χ4n) is 1.02. The van der Waals surface area contributed by atoms with E-state index in [2.05, 4.69) is 23.8 Å². The molecule has 4 heteroatoms. The van der Waals surface area contributed by atoms with Gasteiger partial charge in [-0.2, -0.15) is 0 Å². The second kappa shape index (κ2) is 20.3. The number of carbonyl (C=O) groups is 1. The first-order valence-corrected chi connectivity index (χ1v) is 7.36. The van der Waals surface area contributed by atoms with Crippen molar-refractivity contribution in [3.05, 3.63) is 48.9 Å². The van der Waals surface area contributed by atoms with Crippen molar-refractivity contribution in [3.8, 4) is 0 Å². The Bertz CT molecular complexity index is 306. The Labute approximate surface area is 130 Å². The van der Waals surface area contributed by atoms with E-state index >= 15 is 0 Å². The van der Waals surface area contributed by atoms with Crippen LogP contribution in [0.15, 0.2) is 48.9 Å². The lowest BCUT2D eigenvalue weighted by atomic mass is 10.2. The van der Waals surface area contributed by atoms with E-state index in [4.69, 9.17) is 4.74 Å². The van der Waals surface area contributed by atoms with E-state index in [1.165, 1.54) is 6.92 Å². The number of morpholine rings is 1. The molecule has 2 N–H and O–H groups in total. The summed E-state index contributed by atoms with van der Waals surface area (Å²) in [6, 6.07) is 0. The third-order valence-electron chi connectivity index (χ3n) is 1.85. The van der Waals surface area contributed by atoms with Gasteiger partial charge in [0, 0.05) is 20.5 Å². The van der Waals surface area contributed by atoms with Gasteiger partial charge in [0.25, 0.3) is 0 Å². The molecule has 0 bridgehead atoms. The van der Waals surface area contributed by atoms with Crippen molar-refractivity contribution in [1.82, 2.24) is 10.6 Å². The minimum absolute atomic E-state index is 0.00463. The first kappa shape index (κ1) is 24.1. The molecule has 0 unspecified atom stereocenters. The van der Waals surface area contributed by atoms with Crippen LogP contribution >= 0.6 is 0 Å². The van der Waals surface area contributed by atoms with Crippen molar-refractivity contribution in [2.45, 2.75) is 34.6 Å². The van der Waals surface area contributed by atoms with Crippen molar-refractivity contribution >= 4 is 5.91 Å². The zero-order chi connectivity index (χ0) is 17.1. The number of allylic oxidation sites excluding steroid dienone is 4. The molecule has 1 aliphatic rings. The average Bonchev–Trinajstić information content (AvgIpc) is 2.54. The van der Waals surface area contributed by atoms with Crippen LogP contribution in [0.4, 0.5) is 0 Å². The van der Waals surface area contributed by atoms with Crippen LogP contribution in [0.25, 0.3) is 0 Å². The minimum Gasteiger partial charge on any atom is -0.490 e. The van der Waals surface area contributed by atoms with Crippen molar-refractivity contribution < 1.29 is 9.53 Å². The number of amides is 1. The van der Waals surface area contributed by atoms with E-state index in [-0.39, 0.29) is 5.91 Å². The molecule has 1 saturated heterocycles. The molecule has 122 valence electrons. The smallest absolute Gasteiger partial charge is 0.216 e. The molecule has 0 aliphatic carbocycles. The molecule has 0 aromatic rings. The van der Waals surface area contributed by atoms with Crippen molar-refractivity contribution in [3.63, 3.8) is 0 Å². The molecule has 0 saturated carbocycles. The average molecular weight is 296 g/mol. The second-order valence-corrected chi connectivity index (χ2v) is 3.16. The van der Waals surface area contributed by atoms with Gasteiger partial charge in [0.05, 0.1) is 5.70 Å². The van der Waals surface area contributed by atoms with Crippen LogP contribution in [0.3, 0.4) is 0 Å². The van der Waals surface area contributed by atoms with Crippen LogP contribution in [-0.4, -0.2) is 26.1 Å². The molecule has 1 amide bonds. The monoisotopic (exact) mass is 296 g/mol. The maximum Gasteiger partial charge on any atom is 0.216 e. The topological polar surface area (TPSA) is 50.4 Å². The lowest BCUT2D eigenvalue weighted by molar-refractivity contribution is -0.118. The lowest BCUT2D eigenvalue weighted by Crippen LogP contribution is -2.27. The molecule has 1 fully saturated rings. The number of nitrogens with one attached hydrogen (secondary N) is 2. The summed E-state index contributed by atoms with van der Waals surface area (Å²) >= 11 is 0. The van der Waals surface area contributed by atoms with Gasteiger partial charge >= 0.3 is 0 Å². The third kappa shape index (κ3) is 16.0. The van der Waals surface area contributed by atoms with E-state index in [1.807, 2.05) is 39.8 Å². The van der Waals surface area contributed by atoms with Crippen molar-refractivity contribution in [2.75, 3.05) is 20.2 Å². The summed E-state index contributed by atoms with van der Waals surface area (Å²) in [5.41, 5.74) is 0.969. The first-order valence-electron chi connectivity index (χ1n) is 7.36. The third-order valence-corrected chi connectivity index (χ3v) is 1.85. The molecule has 1 aliphatic heterocycles. The predicted molar refractivity (Wildman–Crippen MR) is 93.0 cm³/mol. The molecule has 0 spiro atoms. The lowest BCUT2D eigenvalue weighted by Gasteiger charge is -2.20. The van der Waals surface area contributed by atoms with Gasteiger partial charge in [-0.05, 0) is 12.2 Å². The number of hydrogen-bond donors (Lipinski definition) is 2. The van der Waals surface area contributed by atoms with Crippen LogP contribution < -0.4 is 10.6 Å². The Morgan fingerprint density at radius 1 is 1.19 bits per heavy atom. The summed E-state index contributed by atoms with van der Waals surface area (Å²) in [5, 5.41) is 5.59. The fraction of sp³-hybridized carbons (Fsp3) is 0.471. The van der Waals surface area contributed by atoms with Crippen LogP contribution in [0.5, 0.6) is 0 Å². The van der Waals surface area contributed by atoms with Gasteiger partial charge in [-0.3, -0.25) is 4.79 Å². The van der Waals surface area contributed by atoms with Gasteiger partial charge in [-0.1, -0.05) is 53.0 Å². The molecule has 0 aromatic carbocycles. The van der Waals surface area contributed by atoms with Gasteiger partial charge < -0.3 is 15.4 Å². The highest BCUT2D eigenvalue weighted by Gasteiger charge is 2.09. The number of carbonyl (C=O) groups excluding carboxylic acids is 1. The molecule has 4 nitrogen and oxygen atoms in total. The summed E-state index contributed by atoms with van der Waals surface area (Å²) in [6.07, 6.45) is 7.16. The predicted octanol–water partition coefficient (Wildman–Crippen LogP) is 3.55. The Morgan fingerprint density at radius 2 is 1.67 bits per heavy atom. The van der Waals surface area contributed by atoms with Crippen LogP contribution in [0, 0.1) is 0 Å². The summed E-state index contributed by atoms with van der Waals surface area (Å²) in [6.45, 7) is 18.3. The number of ether oxygens (including phenoxy) is 1. The molecular weight excluding hydrogens is 264 g/mol. The summed E-state index contributed by atoms with van der Waals surface area (Å²) in [5.74, 6) is 0.834. The first-order chi connectivity index (χ1) is 10.2. The Hall–Kier alpha value is -1.97. The Kier molecular flexibility index (Phi) is 23.3. The van der Waals surface area contributed by atoms with E-state index in [1.54, 1.807) is 19.2 Å². The standard InChI is InChI=1S/C10H13NO.C3H7NO.2C2H6/c1-3-5-9-10(6-4-2)12-8-7-11-9;1-3(5)4-2;2*1-2/h3-6,11H,1-2,7-8H2;1-2H3,(H,4,5);2*1-2H3/b9-5+,10-6+;;;. The Balaban J connectivity index is -0.000000304. The molecule has 1 heterocycles. The summed E-state index contributed by atoms with van der Waals surface area (Å²) in [7, 11) is 1.60. The quantitative estimate of drug-likeness (QED) is 0.819. The Morgan fingerprint density at radius 3 is 2.05 bits per heavy atom. The van der Waals surface area contributed by atoms with Crippen LogP contribution in [0.1, 0.15) is 34.6 Å². The zero-order valence-electron chi connectivity index (χ0n) is 14.5. The zero-order valence-corrected chi connectivity index (χ0v) is 14.5. The fourth-order valence-corrected chi connectivity index (χ4v) is 1.02. The summed E-state index contributed by atoms with van der Waals surface area (Å²) < 4.78 is 5.39. The van der Waals surface area contributed by atoms with E-state index in [0.29, 0.717) is 6.61 Å². The van der Waals surface area contributed by atoms with Gasteiger partial charge in [-0.25, -0.2) is 0 Å². The molecular formula is C17H32N2O2. The normalized spacial score (nSPS) is 15.3. The maximum atomic E-state index is 9.70. The highest BCUT2D eigenvalue weighted by molar-refractivity contribution is 5.72. The molecule has 0 atom stereocenters. The molecule has 0 aromatic heterocycles. The van der Waals surface area contributed by atoms with E-state index in [9.17, 15) is 4.79 Å². The molecule has 21 heavy (non-hydrogen) atoms. The van der Waals surface area contributed by atoms with Crippen LogP contribution in [-0.2, 0) is 9.53 Å². The number of hydrogen-bond acceptors (Lipinski definition) is 3. The second-order valence-electron chi connectivity index (χ2n) is 3.16. The van der Waals surface area contributed by atoms with Gasteiger partial charge in [0.15, 0.2) is 0 Å². The van der Waals surface area contributed by atoms with Gasteiger partial charge in [-0.15, -0.1) is 0 Å². The number of rotatable bonds is 2. The maximum absolute atomic E-state index is 9.70. The van der Waals surface area contributed by atoms with Crippen LogP contribution in [0.2, 0.25) is 0 Å². The molecule has 1 rings (SSSR count). The highest BCUT2D eigenvalue weighted by Crippen LogP contribution is 2.12. The van der Waals surface area contributed by atoms with Gasteiger partial charge in [0.1, 0.15) is 12.4 Å². The molecule has 0 radical (unpaired) electrons. The van der Waals surface area contributed by atoms with E-state index in [0.717, 1.165) is 18.0 Å². The van der Waals surface area contributed by atoms with Crippen molar-refractivity contribution in [1.29, 1.82) is 0 Å². The minimum atomic E-state index is 0.00463. The van der Waals surface area contributed by atoms with E-state index < -0.39 is 0 Å². The highest BCUT2D eigenvalue weighted by atomic mass is 16.5. The SMILES string of the molecule is C=C/C=C1/NCCO/C1=C/C=C.CC.CC.CNC(C)=O. The largest absolute Gasteiger partial charge is 0.490 e. The van der Waals surface area contributed by atoms with Crippen molar-refractivity contribution in [2.24, 2.45) is 0 Å². The summed E-state index contributed by atoms with van der Waals surface area (Å²) in [4.78, 5) is 9.70.